The Kier molecular flexibility index (Phi) is 7.57. The molecule has 1 nitrogen and oxygen atoms in total. The van der Waals surface area contributed by atoms with E-state index in [9.17, 15) is 0 Å². The molecule has 1 aliphatic carbocycles. The number of benzene rings is 2. The zero-order valence-corrected chi connectivity index (χ0v) is 19.4. The van der Waals surface area contributed by atoms with Gasteiger partial charge in [-0.05, 0) is 0 Å². The molecule has 0 spiro atoms. The maximum Gasteiger partial charge on any atom is -0.147 e. The minimum Gasteiger partial charge on any atom is -0.147 e. The Morgan fingerprint density at radius 3 is 2.16 bits per heavy atom. The van der Waals surface area contributed by atoms with Crippen molar-refractivity contribution < 1.29 is 29.5 Å². The first-order valence-corrected chi connectivity index (χ1v) is 9.46. The topological polar surface area (TPSA) is 9.23 Å². The van der Waals surface area contributed by atoms with Crippen molar-refractivity contribution in [1.29, 1.82) is 0 Å². The minimum atomic E-state index is 0. The number of hydrogen-bond acceptors (Lipinski definition) is 1. The van der Waals surface area contributed by atoms with Crippen LogP contribution in [0.15, 0.2) is 42.0 Å². The fourth-order valence-electron chi connectivity index (χ4n) is 3.31. The van der Waals surface area contributed by atoms with Gasteiger partial charge in [-0.15, -0.1) is 24.8 Å². The van der Waals surface area contributed by atoms with E-state index in [1.165, 1.54) is 33.4 Å². The maximum absolute atomic E-state index is 5.93. The summed E-state index contributed by atoms with van der Waals surface area (Å²) in [7, 11) is 1.80. The van der Waals surface area contributed by atoms with Crippen molar-refractivity contribution in [3.05, 3.63) is 58.7 Å². The Balaban J connectivity index is 0.00000156. The third-order valence-corrected chi connectivity index (χ3v) is 6.45. The minimum absolute atomic E-state index is 0. The molecule has 2 aromatic carbocycles. The average Bonchev–Trinajstić information content (AvgIpc) is 2.80. The fourth-order valence-corrected chi connectivity index (χ4v) is 4.10. The zero-order valence-electron chi connectivity index (χ0n) is 15.3. The number of fused-ring (bicyclic) bond motifs is 1. The molecular weight excluding hydrogens is 430 g/mol. The molecule has 0 bridgehead atoms. The Hall–Kier alpha value is -0.557. The van der Waals surface area contributed by atoms with Crippen LogP contribution in [0.5, 0.6) is 5.75 Å². The Morgan fingerprint density at radius 1 is 1.04 bits per heavy atom. The van der Waals surface area contributed by atoms with E-state index >= 15 is 0 Å². The van der Waals surface area contributed by atoms with Gasteiger partial charge in [0.25, 0.3) is 0 Å². The molecule has 0 saturated carbocycles. The fraction of sp³-hybridized carbons (Fsp3) is 0.333. The molecule has 0 amide bonds. The number of rotatable bonds is 2. The summed E-state index contributed by atoms with van der Waals surface area (Å²) in [5, 5.41) is 0. The molecule has 0 aliphatic heterocycles. The summed E-state index contributed by atoms with van der Waals surface area (Å²) in [6, 6.07) is 13.0. The molecule has 2 aromatic rings. The monoisotopic (exact) mass is 453 g/mol. The van der Waals surface area contributed by atoms with Gasteiger partial charge >= 0.3 is 155 Å². The Labute approximate surface area is 178 Å². The van der Waals surface area contributed by atoms with Crippen molar-refractivity contribution >= 4 is 30.9 Å². The third kappa shape index (κ3) is 4.07. The van der Waals surface area contributed by atoms with Gasteiger partial charge in [-0.2, -0.15) is 0 Å². The van der Waals surface area contributed by atoms with Gasteiger partial charge < -0.3 is 0 Å². The molecule has 1 aliphatic rings. The van der Waals surface area contributed by atoms with Gasteiger partial charge in [0, 0.05) is 0 Å². The average molecular weight is 456 g/mol. The van der Waals surface area contributed by atoms with Gasteiger partial charge in [-0.3, -0.25) is 0 Å². The molecule has 1 atom stereocenters. The SMILES string of the molecule is COc1c(C(C)(C)C)cc2c(c1-c1ccccc1)C=C(C)[CH]2[Zr].Cl.Cl. The van der Waals surface area contributed by atoms with Crippen LogP contribution in [0, 0.1) is 0 Å². The van der Waals surface area contributed by atoms with Crippen molar-refractivity contribution in [2.45, 2.75) is 36.7 Å². The first-order chi connectivity index (χ1) is 10.8. The number of halogens is 2. The Morgan fingerprint density at radius 2 is 1.64 bits per heavy atom. The van der Waals surface area contributed by atoms with Crippen LogP contribution in [-0.4, -0.2) is 7.11 Å². The van der Waals surface area contributed by atoms with Crippen LogP contribution in [0.1, 0.15) is 48.0 Å². The first-order valence-electron chi connectivity index (χ1n) is 8.04. The van der Waals surface area contributed by atoms with Gasteiger partial charge in [0.2, 0.25) is 0 Å². The van der Waals surface area contributed by atoms with Crippen molar-refractivity contribution in [1.82, 2.24) is 0 Å². The predicted molar refractivity (Wildman–Crippen MR) is 108 cm³/mol. The molecule has 0 fully saturated rings. The quantitative estimate of drug-likeness (QED) is 0.502. The van der Waals surface area contributed by atoms with E-state index in [-0.39, 0.29) is 30.2 Å². The first kappa shape index (κ1) is 22.5. The molecule has 0 N–H and O–H groups in total. The van der Waals surface area contributed by atoms with E-state index in [1.807, 2.05) is 0 Å². The Bertz CT molecular complexity index is 777. The smallest absolute Gasteiger partial charge is 0.147 e. The van der Waals surface area contributed by atoms with E-state index < -0.39 is 0 Å². The molecule has 4 heteroatoms. The summed E-state index contributed by atoms with van der Waals surface area (Å²) in [6.07, 6.45) is 2.35. The third-order valence-electron chi connectivity index (χ3n) is 4.56. The molecule has 0 heterocycles. The van der Waals surface area contributed by atoms with Crippen LogP contribution >= 0.6 is 24.8 Å². The van der Waals surface area contributed by atoms with Crippen molar-refractivity contribution in [2.24, 2.45) is 0 Å². The number of hydrogen-bond donors (Lipinski definition) is 0. The standard InChI is InChI=1S/C21H23O.2ClH.Zr/c1-14-11-16-13-18(21(2,3)4)20(22-5)19(17(16)12-14)15-9-7-6-8-10-15;;;/h6-13H,1-5H3;2*1H;. The summed E-state index contributed by atoms with van der Waals surface area (Å²) in [5.74, 6) is 1.02. The summed E-state index contributed by atoms with van der Waals surface area (Å²) >= 11 is 1.55. The second-order valence-corrected chi connectivity index (χ2v) is 8.69. The van der Waals surface area contributed by atoms with Crippen molar-refractivity contribution in [3.8, 4) is 16.9 Å². The van der Waals surface area contributed by atoms with Crippen LogP contribution < -0.4 is 4.74 Å². The molecule has 0 radical (unpaired) electrons. The molecular formula is C21H25Cl2OZr. The van der Waals surface area contributed by atoms with Gasteiger partial charge in [-0.1, -0.05) is 0 Å². The molecule has 133 valence electrons. The van der Waals surface area contributed by atoms with Gasteiger partial charge in [0.05, 0.1) is 0 Å². The van der Waals surface area contributed by atoms with Crippen molar-refractivity contribution in [2.75, 3.05) is 7.11 Å². The maximum atomic E-state index is 5.93. The summed E-state index contributed by atoms with van der Waals surface area (Å²) in [5.41, 5.74) is 8.11. The van der Waals surface area contributed by atoms with Gasteiger partial charge in [-0.25, -0.2) is 0 Å². The summed E-state index contributed by atoms with van der Waals surface area (Å²) in [6.45, 7) is 9.04. The van der Waals surface area contributed by atoms with Gasteiger partial charge in [0.1, 0.15) is 0 Å². The van der Waals surface area contributed by atoms with Crippen LogP contribution in [0.25, 0.3) is 17.2 Å². The van der Waals surface area contributed by atoms with Crippen LogP contribution in [0.2, 0.25) is 0 Å². The second kappa shape index (κ2) is 8.42. The number of ether oxygens (including phenoxy) is 1. The van der Waals surface area contributed by atoms with E-state index in [1.54, 1.807) is 31.8 Å². The van der Waals surface area contributed by atoms with Crippen LogP contribution in [0.4, 0.5) is 0 Å². The second-order valence-electron chi connectivity index (χ2n) is 7.27. The van der Waals surface area contributed by atoms with Crippen LogP contribution in [-0.2, 0) is 30.1 Å². The van der Waals surface area contributed by atoms with E-state index in [0.717, 1.165) is 5.75 Å². The van der Waals surface area contributed by atoms with Crippen LogP contribution in [0.3, 0.4) is 0 Å². The molecule has 1 unspecified atom stereocenters. The number of allylic oxidation sites excluding steroid dienone is 1. The number of methoxy groups -OCH3 is 1. The van der Waals surface area contributed by atoms with E-state index in [2.05, 4.69) is 70.2 Å². The molecule has 0 saturated heterocycles. The largest absolute Gasteiger partial charge is 0.147 e. The normalized spacial score (nSPS) is 15.5. The summed E-state index contributed by atoms with van der Waals surface area (Å²) < 4.78 is 6.49. The van der Waals surface area contributed by atoms with Crippen molar-refractivity contribution in [3.63, 3.8) is 0 Å². The molecule has 0 aromatic heterocycles. The van der Waals surface area contributed by atoms with E-state index in [0.29, 0.717) is 3.63 Å². The summed E-state index contributed by atoms with van der Waals surface area (Å²) in [4.78, 5) is 0. The molecule has 25 heavy (non-hydrogen) atoms. The zero-order chi connectivity index (χ0) is 16.8. The van der Waals surface area contributed by atoms with Gasteiger partial charge in [0.15, 0.2) is 0 Å². The van der Waals surface area contributed by atoms with E-state index in [4.69, 9.17) is 4.74 Å². The predicted octanol–water partition coefficient (Wildman–Crippen LogP) is 6.51. The molecule has 3 rings (SSSR count).